The number of rotatable bonds is 4. The van der Waals surface area contributed by atoms with E-state index in [1.807, 2.05) is 6.07 Å². The Hall–Kier alpha value is -3.41. The van der Waals surface area contributed by atoms with Crippen LogP contribution < -0.4 is 4.74 Å². The molecule has 0 unspecified atom stereocenters. The summed E-state index contributed by atoms with van der Waals surface area (Å²) in [6, 6.07) is 18.6. The highest BCUT2D eigenvalue weighted by Crippen LogP contribution is 2.35. The predicted molar refractivity (Wildman–Crippen MR) is 111 cm³/mol. The maximum absolute atomic E-state index is 14.9. The largest absolute Gasteiger partial charge is 0.573 e. The van der Waals surface area contributed by atoms with Crippen molar-refractivity contribution in [2.45, 2.75) is 19.7 Å². The molecule has 0 spiro atoms. The first-order valence-corrected chi connectivity index (χ1v) is 9.62. The molecule has 4 rings (SSSR count). The average Bonchev–Trinajstić information content (AvgIpc) is 2.72. The molecular weight excluding hydrogens is 411 g/mol. The topological polar surface area (TPSA) is 9.23 Å². The molecule has 6 heteroatoms. The Bertz CT molecular complexity index is 1220. The summed E-state index contributed by atoms with van der Waals surface area (Å²) < 4.78 is 71.7. The minimum atomic E-state index is -4.80. The monoisotopic (exact) mass is 428 g/mol. The Balaban J connectivity index is 1.81. The number of hydrogen-bond acceptors (Lipinski definition) is 1. The first kappa shape index (κ1) is 20.8. The smallest absolute Gasteiger partial charge is 0.406 e. The van der Waals surface area contributed by atoms with Crippen LogP contribution in [0.5, 0.6) is 5.75 Å². The van der Waals surface area contributed by atoms with Crippen molar-refractivity contribution in [3.8, 4) is 28.0 Å². The van der Waals surface area contributed by atoms with Gasteiger partial charge in [-0.2, -0.15) is 0 Å². The van der Waals surface area contributed by atoms with E-state index in [-0.39, 0.29) is 11.3 Å². The summed E-state index contributed by atoms with van der Waals surface area (Å²) in [6.07, 6.45) is -4.38. The average molecular weight is 428 g/mol. The summed E-state index contributed by atoms with van der Waals surface area (Å²) in [4.78, 5) is 0. The molecule has 0 radical (unpaired) electrons. The van der Waals surface area contributed by atoms with Gasteiger partial charge in [-0.15, -0.1) is 13.2 Å². The molecule has 0 atom stereocenters. The molecule has 0 aliphatic carbocycles. The molecule has 0 fully saturated rings. The van der Waals surface area contributed by atoms with Crippen LogP contribution >= 0.6 is 0 Å². The summed E-state index contributed by atoms with van der Waals surface area (Å²) >= 11 is 0. The SMILES string of the molecule is CCc1cc(OC(F)(F)F)cc2ccc(-c3c(F)cc(-c4ccccc4)cc3F)cc12. The van der Waals surface area contributed by atoms with E-state index >= 15 is 0 Å². The third kappa shape index (κ3) is 4.38. The molecule has 0 saturated heterocycles. The van der Waals surface area contributed by atoms with Gasteiger partial charge in [0.25, 0.3) is 0 Å². The number of ether oxygens (including phenoxy) is 1. The molecule has 31 heavy (non-hydrogen) atoms. The van der Waals surface area contributed by atoms with Gasteiger partial charge in [-0.25, -0.2) is 8.78 Å². The lowest BCUT2D eigenvalue weighted by atomic mass is 9.95. The van der Waals surface area contributed by atoms with Gasteiger partial charge < -0.3 is 4.74 Å². The van der Waals surface area contributed by atoms with Crippen molar-refractivity contribution in [1.82, 2.24) is 0 Å². The van der Waals surface area contributed by atoms with Crippen molar-refractivity contribution in [3.05, 3.63) is 90.0 Å². The Kier molecular flexibility index (Phi) is 5.39. The van der Waals surface area contributed by atoms with Crippen LogP contribution in [0, 0.1) is 11.6 Å². The zero-order valence-corrected chi connectivity index (χ0v) is 16.4. The molecule has 0 aromatic heterocycles. The molecule has 0 bridgehead atoms. The van der Waals surface area contributed by atoms with Crippen LogP contribution in [0.1, 0.15) is 12.5 Å². The fourth-order valence-corrected chi connectivity index (χ4v) is 3.69. The zero-order chi connectivity index (χ0) is 22.2. The minimum absolute atomic E-state index is 0.181. The Morgan fingerprint density at radius 1 is 0.742 bits per heavy atom. The minimum Gasteiger partial charge on any atom is -0.406 e. The van der Waals surface area contributed by atoms with Gasteiger partial charge in [0.05, 0.1) is 5.56 Å². The first-order valence-electron chi connectivity index (χ1n) is 9.62. The Labute approximate surface area is 175 Å². The molecule has 0 amide bonds. The Morgan fingerprint density at radius 2 is 1.42 bits per heavy atom. The number of hydrogen-bond donors (Lipinski definition) is 0. The fourth-order valence-electron chi connectivity index (χ4n) is 3.69. The zero-order valence-electron chi connectivity index (χ0n) is 16.4. The third-order valence-corrected chi connectivity index (χ3v) is 5.07. The van der Waals surface area contributed by atoms with Crippen LogP contribution in [0.15, 0.2) is 72.8 Å². The highest BCUT2D eigenvalue weighted by molar-refractivity contribution is 5.91. The lowest BCUT2D eigenvalue weighted by Crippen LogP contribution is -2.17. The second-order valence-corrected chi connectivity index (χ2v) is 7.10. The van der Waals surface area contributed by atoms with E-state index in [1.165, 1.54) is 36.4 Å². The molecule has 4 aromatic carbocycles. The number of aryl methyl sites for hydroxylation is 1. The Morgan fingerprint density at radius 3 is 2.03 bits per heavy atom. The second-order valence-electron chi connectivity index (χ2n) is 7.10. The summed E-state index contributed by atoms with van der Waals surface area (Å²) in [5, 5.41) is 1.10. The van der Waals surface area contributed by atoms with Gasteiger partial charge in [-0.05, 0) is 69.8 Å². The van der Waals surface area contributed by atoms with Crippen LogP contribution in [0.4, 0.5) is 22.0 Å². The third-order valence-electron chi connectivity index (χ3n) is 5.07. The highest BCUT2D eigenvalue weighted by Gasteiger charge is 2.31. The van der Waals surface area contributed by atoms with E-state index in [2.05, 4.69) is 4.74 Å². The molecule has 158 valence electrons. The van der Waals surface area contributed by atoms with Gasteiger partial charge in [0, 0.05) is 0 Å². The lowest BCUT2D eigenvalue weighted by Gasteiger charge is -2.14. The molecule has 4 aromatic rings. The first-order chi connectivity index (χ1) is 14.7. The maximum Gasteiger partial charge on any atom is 0.573 e. The predicted octanol–water partition coefficient (Wildman–Crippen LogP) is 7.91. The van der Waals surface area contributed by atoms with Crippen molar-refractivity contribution < 1.29 is 26.7 Å². The van der Waals surface area contributed by atoms with Crippen LogP contribution in [-0.4, -0.2) is 6.36 Å². The van der Waals surface area contributed by atoms with E-state index in [0.29, 0.717) is 39.4 Å². The summed E-state index contributed by atoms with van der Waals surface area (Å²) in [5.41, 5.74) is 1.82. The summed E-state index contributed by atoms with van der Waals surface area (Å²) in [7, 11) is 0. The van der Waals surface area contributed by atoms with Crippen molar-refractivity contribution in [2.24, 2.45) is 0 Å². The van der Waals surface area contributed by atoms with Gasteiger partial charge in [-0.3, -0.25) is 0 Å². The van der Waals surface area contributed by atoms with Crippen molar-refractivity contribution in [1.29, 1.82) is 0 Å². The highest BCUT2D eigenvalue weighted by atomic mass is 19.4. The van der Waals surface area contributed by atoms with Crippen molar-refractivity contribution in [3.63, 3.8) is 0 Å². The van der Waals surface area contributed by atoms with Gasteiger partial charge in [0.1, 0.15) is 17.4 Å². The maximum atomic E-state index is 14.9. The summed E-state index contributed by atoms with van der Waals surface area (Å²) in [5.74, 6) is -1.75. The standard InChI is InChI=1S/C25H17F5O/c1-2-15-10-20(31-25(28,29)30)11-17-8-9-18(12-21(15)17)24-22(26)13-19(14-23(24)27)16-6-4-3-5-7-16/h3-14H,2H2,1H3. The number of benzene rings is 4. The molecule has 0 aliphatic rings. The molecule has 0 N–H and O–H groups in total. The molecule has 0 saturated carbocycles. The van der Waals surface area contributed by atoms with E-state index < -0.39 is 18.0 Å². The van der Waals surface area contributed by atoms with Crippen LogP contribution in [0.2, 0.25) is 0 Å². The van der Waals surface area contributed by atoms with Crippen molar-refractivity contribution in [2.75, 3.05) is 0 Å². The van der Waals surface area contributed by atoms with E-state index in [0.717, 1.165) is 0 Å². The normalized spacial score (nSPS) is 11.7. The number of halogens is 5. The molecule has 0 aliphatic heterocycles. The van der Waals surface area contributed by atoms with Gasteiger partial charge >= 0.3 is 6.36 Å². The van der Waals surface area contributed by atoms with Crippen LogP contribution in [0.25, 0.3) is 33.0 Å². The van der Waals surface area contributed by atoms with Gasteiger partial charge in [-0.1, -0.05) is 49.4 Å². The molecular formula is C25H17F5O. The second kappa shape index (κ2) is 8.02. The number of fused-ring (bicyclic) bond motifs is 1. The van der Waals surface area contributed by atoms with Gasteiger partial charge in [0.15, 0.2) is 0 Å². The summed E-state index contributed by atoms with van der Waals surface area (Å²) in [6.45, 7) is 1.79. The van der Waals surface area contributed by atoms with E-state index in [1.54, 1.807) is 37.3 Å². The van der Waals surface area contributed by atoms with E-state index in [9.17, 15) is 22.0 Å². The van der Waals surface area contributed by atoms with Crippen molar-refractivity contribution >= 4 is 10.8 Å². The van der Waals surface area contributed by atoms with Crippen LogP contribution in [-0.2, 0) is 6.42 Å². The quantitative estimate of drug-likeness (QED) is 0.300. The molecule has 1 nitrogen and oxygen atoms in total. The lowest BCUT2D eigenvalue weighted by molar-refractivity contribution is -0.274. The van der Waals surface area contributed by atoms with Gasteiger partial charge in [0.2, 0.25) is 0 Å². The van der Waals surface area contributed by atoms with Crippen LogP contribution in [0.3, 0.4) is 0 Å². The molecule has 0 heterocycles. The fraction of sp³-hybridized carbons (Fsp3) is 0.120. The number of alkyl halides is 3. The van der Waals surface area contributed by atoms with E-state index in [4.69, 9.17) is 0 Å².